The van der Waals surface area contributed by atoms with Crippen LogP contribution in [0.25, 0.3) is 32.6 Å². The zero-order valence-electron chi connectivity index (χ0n) is 10.0. The zero-order chi connectivity index (χ0) is 13.9. The van der Waals surface area contributed by atoms with Crippen LogP contribution in [0.5, 0.6) is 5.75 Å². The molecule has 0 amide bonds. The lowest BCUT2D eigenvalue weighted by atomic mass is 10.0. The molecule has 2 heterocycles. The first kappa shape index (κ1) is 10.9. The molecule has 2 aromatic carbocycles. The molecule has 6 heteroatoms. The van der Waals surface area contributed by atoms with E-state index in [1.165, 1.54) is 6.07 Å². The Bertz CT molecular complexity index is 1100. The van der Waals surface area contributed by atoms with E-state index in [4.69, 9.17) is 0 Å². The average molecular weight is 265 g/mol. The van der Waals surface area contributed by atoms with Crippen LogP contribution in [0.15, 0.2) is 40.1 Å². The topological polar surface area (TPSA) is 95.9 Å². The predicted molar refractivity (Wildman–Crippen MR) is 74.3 cm³/mol. The van der Waals surface area contributed by atoms with Gasteiger partial charge in [0.25, 0.3) is 5.56 Å². The minimum absolute atomic E-state index is 0.0665. The van der Waals surface area contributed by atoms with Crippen LogP contribution in [0.3, 0.4) is 0 Å². The lowest BCUT2D eigenvalue weighted by Crippen LogP contribution is -2.11. The standard InChI is InChI=1S/C14H7N3O3/c18-8-3-1-2-6-9(8)11-10-7(14(20)17-16-11)4-5-15-12(10)13(6)19/h1-5,15,19H. The monoisotopic (exact) mass is 265 g/mol. The molecule has 0 radical (unpaired) electrons. The first-order chi connectivity index (χ1) is 9.68. The van der Waals surface area contributed by atoms with Crippen molar-refractivity contribution in [2.24, 2.45) is 0 Å². The quantitative estimate of drug-likeness (QED) is 0.367. The van der Waals surface area contributed by atoms with Gasteiger partial charge in [0, 0.05) is 17.0 Å². The molecule has 0 aliphatic heterocycles. The molecule has 0 spiro atoms. The van der Waals surface area contributed by atoms with Gasteiger partial charge in [0.05, 0.1) is 16.3 Å². The van der Waals surface area contributed by atoms with E-state index < -0.39 is 5.56 Å². The summed E-state index contributed by atoms with van der Waals surface area (Å²) in [4.78, 5) is 26.7. The molecular weight excluding hydrogens is 258 g/mol. The number of hydrogen-bond donors (Lipinski definition) is 2. The second kappa shape index (κ2) is 3.51. The predicted octanol–water partition coefficient (Wildman–Crippen LogP) is 1.13. The van der Waals surface area contributed by atoms with E-state index in [2.05, 4.69) is 15.2 Å². The third-order valence-corrected chi connectivity index (χ3v) is 3.46. The molecule has 0 saturated carbocycles. The van der Waals surface area contributed by atoms with Crippen molar-refractivity contribution in [2.45, 2.75) is 0 Å². The maximum atomic E-state index is 12.1. The van der Waals surface area contributed by atoms with E-state index in [9.17, 15) is 14.7 Å². The van der Waals surface area contributed by atoms with Crippen molar-refractivity contribution in [3.63, 3.8) is 0 Å². The zero-order valence-corrected chi connectivity index (χ0v) is 10.0. The van der Waals surface area contributed by atoms with Crippen molar-refractivity contribution in [3.8, 4) is 5.75 Å². The van der Waals surface area contributed by atoms with Gasteiger partial charge in [-0.05, 0) is 12.1 Å². The molecule has 4 rings (SSSR count). The fourth-order valence-electron chi connectivity index (χ4n) is 2.59. The van der Waals surface area contributed by atoms with Gasteiger partial charge in [0.1, 0.15) is 11.3 Å². The van der Waals surface area contributed by atoms with E-state index in [0.717, 1.165) is 0 Å². The van der Waals surface area contributed by atoms with Crippen molar-refractivity contribution in [1.29, 1.82) is 0 Å². The van der Waals surface area contributed by atoms with E-state index in [1.807, 2.05) is 0 Å². The number of phenols is 1. The second-order valence-corrected chi connectivity index (χ2v) is 4.52. The molecule has 96 valence electrons. The number of pyridine rings is 1. The van der Waals surface area contributed by atoms with Gasteiger partial charge in [-0.3, -0.25) is 9.59 Å². The summed E-state index contributed by atoms with van der Waals surface area (Å²) in [6, 6.07) is 6.15. The summed E-state index contributed by atoms with van der Waals surface area (Å²) >= 11 is 0. The Morgan fingerprint density at radius 2 is 1.85 bits per heavy atom. The lowest BCUT2D eigenvalue weighted by molar-refractivity contribution is 0.486. The highest BCUT2D eigenvalue weighted by Crippen LogP contribution is 2.35. The maximum absolute atomic E-state index is 12.1. The Morgan fingerprint density at radius 1 is 1.00 bits per heavy atom. The number of aromatic nitrogens is 3. The largest absolute Gasteiger partial charge is 0.505 e. The molecule has 0 aliphatic carbocycles. The smallest absolute Gasteiger partial charge is 0.296 e. The van der Waals surface area contributed by atoms with Crippen LogP contribution >= 0.6 is 0 Å². The van der Waals surface area contributed by atoms with E-state index in [-0.39, 0.29) is 16.6 Å². The number of aromatic amines is 1. The van der Waals surface area contributed by atoms with Gasteiger partial charge in [-0.25, -0.2) is 0 Å². The van der Waals surface area contributed by atoms with Crippen LogP contribution in [0.2, 0.25) is 0 Å². The second-order valence-electron chi connectivity index (χ2n) is 4.52. The summed E-state index contributed by atoms with van der Waals surface area (Å²) in [5, 5.41) is 19.2. The van der Waals surface area contributed by atoms with Gasteiger partial charge in [-0.15, -0.1) is 10.2 Å². The van der Waals surface area contributed by atoms with Gasteiger partial charge in [0.2, 0.25) is 0 Å². The Hall–Kier alpha value is -3.02. The SMILES string of the molecule is O=c1nnc2c3c(=O)cccc3c(O)c3[nH]ccc1c32. The van der Waals surface area contributed by atoms with Gasteiger partial charge in [-0.1, -0.05) is 12.1 Å². The van der Waals surface area contributed by atoms with Gasteiger partial charge in [0.15, 0.2) is 5.43 Å². The molecule has 4 aromatic rings. The molecule has 0 aliphatic rings. The van der Waals surface area contributed by atoms with E-state index in [0.29, 0.717) is 27.2 Å². The summed E-state index contributed by atoms with van der Waals surface area (Å²) in [6.45, 7) is 0. The van der Waals surface area contributed by atoms with E-state index in [1.54, 1.807) is 24.4 Å². The summed E-state index contributed by atoms with van der Waals surface area (Å²) in [6.07, 6.45) is 1.55. The molecule has 0 fully saturated rings. The number of H-pyrrole nitrogens is 1. The summed E-state index contributed by atoms with van der Waals surface area (Å²) in [5.41, 5.74) is -0.0520. The Labute approximate surface area is 110 Å². The fourth-order valence-corrected chi connectivity index (χ4v) is 2.59. The molecule has 0 unspecified atom stereocenters. The lowest BCUT2D eigenvalue weighted by Gasteiger charge is -2.09. The third kappa shape index (κ3) is 1.17. The van der Waals surface area contributed by atoms with Gasteiger partial charge in [-0.2, -0.15) is 0 Å². The molecule has 20 heavy (non-hydrogen) atoms. The average Bonchev–Trinajstić information content (AvgIpc) is 2.46. The summed E-state index contributed by atoms with van der Waals surface area (Å²) in [7, 11) is 0. The van der Waals surface area contributed by atoms with Crippen LogP contribution in [0.1, 0.15) is 0 Å². The molecule has 0 saturated heterocycles. The first-order valence-corrected chi connectivity index (χ1v) is 5.93. The van der Waals surface area contributed by atoms with Crippen LogP contribution < -0.4 is 11.0 Å². The van der Waals surface area contributed by atoms with Crippen LogP contribution in [0, 0.1) is 0 Å². The number of nitrogens with zero attached hydrogens (tertiary/aromatic N) is 2. The summed E-state index contributed by atoms with van der Waals surface area (Å²) in [5.74, 6) is -0.0665. The van der Waals surface area contributed by atoms with Crippen molar-refractivity contribution in [3.05, 3.63) is 51.0 Å². The number of hydrogen-bond acceptors (Lipinski definition) is 5. The van der Waals surface area contributed by atoms with Crippen molar-refractivity contribution in [1.82, 2.24) is 15.2 Å². The van der Waals surface area contributed by atoms with Crippen LogP contribution in [0.4, 0.5) is 0 Å². The van der Waals surface area contributed by atoms with Crippen LogP contribution in [-0.2, 0) is 0 Å². The highest BCUT2D eigenvalue weighted by molar-refractivity contribution is 6.21. The summed E-state index contributed by atoms with van der Waals surface area (Å²) < 4.78 is 0. The highest BCUT2D eigenvalue weighted by Gasteiger charge is 2.17. The van der Waals surface area contributed by atoms with E-state index >= 15 is 0 Å². The molecule has 0 bridgehead atoms. The number of fused-ring (bicyclic) bond motifs is 2. The molecule has 2 aromatic heterocycles. The first-order valence-electron chi connectivity index (χ1n) is 5.93. The minimum Gasteiger partial charge on any atom is -0.505 e. The fraction of sp³-hybridized carbons (Fsp3) is 0. The van der Waals surface area contributed by atoms with Crippen LogP contribution in [-0.4, -0.2) is 20.3 Å². The number of phenolic OH excluding ortho intramolecular Hbond substituents is 1. The van der Waals surface area contributed by atoms with Gasteiger partial charge < -0.3 is 10.1 Å². The number of rotatable bonds is 0. The Morgan fingerprint density at radius 3 is 2.70 bits per heavy atom. The number of nitrogens with one attached hydrogen (secondary N) is 1. The third-order valence-electron chi connectivity index (χ3n) is 3.46. The maximum Gasteiger partial charge on any atom is 0.296 e. The molecule has 0 atom stereocenters. The van der Waals surface area contributed by atoms with Gasteiger partial charge >= 0.3 is 0 Å². The Kier molecular flexibility index (Phi) is 1.90. The Balaban J connectivity index is 2.55. The van der Waals surface area contributed by atoms with Crippen molar-refractivity contribution < 1.29 is 5.11 Å². The highest BCUT2D eigenvalue weighted by atomic mass is 16.3. The molecular formula is C14H7N3O3. The van der Waals surface area contributed by atoms with Crippen molar-refractivity contribution in [2.75, 3.05) is 0 Å². The van der Waals surface area contributed by atoms with Crippen molar-refractivity contribution >= 4 is 32.6 Å². The number of benzene rings is 2. The number of aromatic hydroxyl groups is 1. The molecule has 6 nitrogen and oxygen atoms in total. The normalized spacial score (nSPS) is 11.6. The molecule has 2 N–H and O–H groups in total. The minimum atomic E-state index is -0.487.